The van der Waals surface area contributed by atoms with Crippen molar-refractivity contribution in [3.05, 3.63) is 28.8 Å². The van der Waals surface area contributed by atoms with Gasteiger partial charge in [-0.05, 0) is 38.5 Å². The molecular formula is C25H36N6. The van der Waals surface area contributed by atoms with Gasteiger partial charge < -0.3 is 5.32 Å². The Bertz CT molecular complexity index is 975. The van der Waals surface area contributed by atoms with Gasteiger partial charge in [-0.3, -0.25) is 9.98 Å². The maximum Gasteiger partial charge on any atom is 0.148 e. The summed E-state index contributed by atoms with van der Waals surface area (Å²) in [5.74, 6) is 1.63. The van der Waals surface area contributed by atoms with Crippen LogP contribution >= 0.6 is 0 Å². The Morgan fingerprint density at radius 2 is 1.87 bits per heavy atom. The largest absolute Gasteiger partial charge is 0.328 e. The molecule has 2 rings (SSSR count). The van der Waals surface area contributed by atoms with Gasteiger partial charge in [0, 0.05) is 41.3 Å². The molecule has 1 heterocycles. The van der Waals surface area contributed by atoms with E-state index in [-0.39, 0.29) is 17.0 Å². The Kier molecular flexibility index (Phi) is 7.54. The first-order valence-electron chi connectivity index (χ1n) is 10.9. The molecule has 0 saturated carbocycles. The molecule has 6 heteroatoms. The number of rotatable bonds is 5. The van der Waals surface area contributed by atoms with Gasteiger partial charge in [0.05, 0.1) is 17.3 Å². The summed E-state index contributed by atoms with van der Waals surface area (Å²) in [4.78, 5) is 18.8. The topological polar surface area (TPSA) is 85.3 Å². The number of benzene rings is 1. The lowest BCUT2D eigenvalue weighted by molar-refractivity contribution is 0.325. The van der Waals surface area contributed by atoms with Gasteiger partial charge in [-0.25, -0.2) is 9.98 Å². The molecule has 1 aromatic rings. The first-order chi connectivity index (χ1) is 14.4. The molecule has 0 bridgehead atoms. The van der Waals surface area contributed by atoms with Gasteiger partial charge >= 0.3 is 0 Å². The van der Waals surface area contributed by atoms with E-state index in [9.17, 15) is 5.26 Å². The Balaban J connectivity index is 2.57. The van der Waals surface area contributed by atoms with E-state index in [0.29, 0.717) is 12.0 Å². The van der Waals surface area contributed by atoms with Crippen LogP contribution in [0.3, 0.4) is 0 Å². The number of nitrogens with zero attached hydrogens (tertiary/aromatic N) is 5. The first kappa shape index (κ1) is 24.5. The van der Waals surface area contributed by atoms with Crippen molar-refractivity contribution in [3.63, 3.8) is 0 Å². The molecule has 1 aliphatic rings. The minimum atomic E-state index is -0.205. The Labute approximate surface area is 187 Å². The van der Waals surface area contributed by atoms with Crippen LogP contribution in [0, 0.1) is 29.1 Å². The van der Waals surface area contributed by atoms with E-state index in [2.05, 4.69) is 57.9 Å². The highest BCUT2D eigenvalue weighted by molar-refractivity contribution is 6.12. The molecule has 6 nitrogen and oxygen atoms in total. The highest BCUT2D eigenvalue weighted by Gasteiger charge is 2.32. The van der Waals surface area contributed by atoms with Crippen molar-refractivity contribution < 1.29 is 0 Å². The van der Waals surface area contributed by atoms with Gasteiger partial charge in [-0.1, -0.05) is 41.5 Å². The maximum atomic E-state index is 9.73. The standard InChI is InChI=1S/C25H36N6/c1-10-27-12-11-16(2)28-20-14-18(13-19(15-26)17(20)3)21-29-22(24(4,5)6)31-23(30-21)25(7,8)9/h12-14,22H,10-11H2,1-9H3,(H,29,30,31). The number of hydrogen-bond acceptors (Lipinski definition) is 6. The monoisotopic (exact) mass is 420 g/mol. The normalized spacial score (nSPS) is 17.8. The zero-order chi connectivity index (χ0) is 23.4. The second-order valence-corrected chi connectivity index (χ2v) is 10.1. The SMILES string of the molecule is CCN=CCC(C)=Nc1cc(C2=NC(C(C)(C)C)N=C(C(C)(C)C)N2)cc(C#N)c1C. The van der Waals surface area contributed by atoms with Crippen LogP contribution in [0.1, 0.15) is 78.5 Å². The summed E-state index contributed by atoms with van der Waals surface area (Å²) in [5.41, 5.74) is 3.78. The van der Waals surface area contributed by atoms with E-state index in [1.807, 2.05) is 39.1 Å². The van der Waals surface area contributed by atoms with Crippen molar-refractivity contribution in [1.29, 1.82) is 5.26 Å². The smallest absolute Gasteiger partial charge is 0.148 e. The lowest BCUT2D eigenvalue weighted by atomic mass is 9.89. The van der Waals surface area contributed by atoms with Crippen molar-refractivity contribution in [2.24, 2.45) is 30.8 Å². The predicted octanol–water partition coefficient (Wildman–Crippen LogP) is 5.61. The van der Waals surface area contributed by atoms with Crippen LogP contribution in [-0.2, 0) is 0 Å². The fourth-order valence-electron chi connectivity index (χ4n) is 3.01. The maximum absolute atomic E-state index is 9.73. The summed E-state index contributed by atoms with van der Waals surface area (Å²) >= 11 is 0. The Morgan fingerprint density at radius 3 is 2.42 bits per heavy atom. The number of nitriles is 1. The average Bonchev–Trinajstić information content (AvgIpc) is 2.68. The molecule has 1 aliphatic heterocycles. The molecule has 31 heavy (non-hydrogen) atoms. The fourth-order valence-corrected chi connectivity index (χ4v) is 3.01. The van der Waals surface area contributed by atoms with Gasteiger partial charge in [0.25, 0.3) is 0 Å². The molecule has 166 valence electrons. The van der Waals surface area contributed by atoms with Crippen LogP contribution in [-0.4, -0.2) is 36.3 Å². The van der Waals surface area contributed by atoms with Crippen molar-refractivity contribution in [2.75, 3.05) is 6.54 Å². The Hall–Kier alpha value is -2.81. The summed E-state index contributed by atoms with van der Waals surface area (Å²) in [6.07, 6.45) is 2.37. The summed E-state index contributed by atoms with van der Waals surface area (Å²) in [5, 5.41) is 13.2. The Morgan fingerprint density at radius 1 is 1.19 bits per heavy atom. The highest BCUT2D eigenvalue weighted by atomic mass is 15.2. The zero-order valence-corrected chi connectivity index (χ0v) is 20.5. The zero-order valence-electron chi connectivity index (χ0n) is 20.5. The first-order valence-corrected chi connectivity index (χ1v) is 10.9. The molecule has 1 atom stereocenters. The number of hydrogen-bond donors (Lipinski definition) is 1. The molecule has 1 aromatic carbocycles. The lowest BCUT2D eigenvalue weighted by Crippen LogP contribution is -2.46. The molecular weight excluding hydrogens is 384 g/mol. The summed E-state index contributed by atoms with van der Waals surface area (Å²) in [7, 11) is 0. The minimum absolute atomic E-state index is 0.122. The van der Waals surface area contributed by atoms with Crippen LogP contribution in [0.15, 0.2) is 32.1 Å². The van der Waals surface area contributed by atoms with Crippen LogP contribution in [0.4, 0.5) is 5.69 Å². The lowest BCUT2D eigenvalue weighted by Gasteiger charge is -2.34. The van der Waals surface area contributed by atoms with E-state index in [1.54, 1.807) is 0 Å². The molecule has 1 N–H and O–H groups in total. The fraction of sp³-hybridized carbons (Fsp3) is 0.560. The van der Waals surface area contributed by atoms with Crippen molar-refractivity contribution in [2.45, 2.75) is 74.9 Å². The molecule has 0 radical (unpaired) electrons. The van der Waals surface area contributed by atoms with Gasteiger partial charge in [-0.15, -0.1) is 0 Å². The number of nitrogens with one attached hydrogen (secondary N) is 1. The third-order valence-electron chi connectivity index (χ3n) is 5.01. The van der Waals surface area contributed by atoms with E-state index in [0.717, 1.165) is 40.7 Å². The van der Waals surface area contributed by atoms with E-state index < -0.39 is 0 Å². The van der Waals surface area contributed by atoms with E-state index in [1.165, 1.54) is 0 Å². The van der Waals surface area contributed by atoms with Gasteiger partial charge in [-0.2, -0.15) is 5.26 Å². The highest BCUT2D eigenvalue weighted by Crippen LogP contribution is 2.30. The van der Waals surface area contributed by atoms with Gasteiger partial charge in [0.15, 0.2) is 0 Å². The third kappa shape index (κ3) is 6.33. The minimum Gasteiger partial charge on any atom is -0.328 e. The van der Waals surface area contributed by atoms with Crippen molar-refractivity contribution >= 4 is 29.3 Å². The second-order valence-electron chi connectivity index (χ2n) is 10.1. The predicted molar refractivity (Wildman–Crippen MR) is 132 cm³/mol. The molecule has 0 aromatic heterocycles. The number of amidine groups is 2. The second kappa shape index (κ2) is 9.55. The third-order valence-corrected chi connectivity index (χ3v) is 5.01. The van der Waals surface area contributed by atoms with Gasteiger partial charge in [0.1, 0.15) is 17.8 Å². The average molecular weight is 421 g/mol. The van der Waals surface area contributed by atoms with Gasteiger partial charge in [0.2, 0.25) is 0 Å². The van der Waals surface area contributed by atoms with Crippen LogP contribution in [0.5, 0.6) is 0 Å². The molecule has 0 spiro atoms. The summed E-state index contributed by atoms with van der Waals surface area (Å²) < 4.78 is 0. The molecule has 0 fully saturated rings. The van der Waals surface area contributed by atoms with Crippen LogP contribution in [0.25, 0.3) is 0 Å². The van der Waals surface area contributed by atoms with E-state index >= 15 is 0 Å². The number of aliphatic imine (C=N–C) groups is 4. The van der Waals surface area contributed by atoms with Crippen LogP contribution < -0.4 is 5.32 Å². The van der Waals surface area contributed by atoms with Crippen molar-refractivity contribution in [3.8, 4) is 6.07 Å². The molecule has 1 unspecified atom stereocenters. The summed E-state index contributed by atoms with van der Waals surface area (Å²) in [6, 6.07) is 6.21. The quantitative estimate of drug-likeness (QED) is 0.628. The van der Waals surface area contributed by atoms with Crippen molar-refractivity contribution in [1.82, 2.24) is 5.32 Å². The summed E-state index contributed by atoms with van der Waals surface area (Å²) in [6.45, 7) is 19.5. The van der Waals surface area contributed by atoms with E-state index in [4.69, 9.17) is 15.0 Å². The van der Waals surface area contributed by atoms with Crippen LogP contribution in [0.2, 0.25) is 0 Å². The molecule has 0 amide bonds. The molecule has 0 aliphatic carbocycles. The molecule has 0 saturated heterocycles.